The fourth-order valence-electron chi connectivity index (χ4n) is 4.78. The highest BCUT2D eigenvalue weighted by atomic mass is 79.9. The van der Waals surface area contributed by atoms with E-state index in [1.54, 1.807) is 12.1 Å². The fourth-order valence-corrected chi connectivity index (χ4v) is 6.00. The number of aliphatic carboxylic acids is 1. The van der Waals surface area contributed by atoms with E-state index in [-0.39, 0.29) is 30.3 Å². The van der Waals surface area contributed by atoms with Crippen LogP contribution in [0.15, 0.2) is 43.6 Å². The number of allylic oxidation sites excluding steroid dienone is 4. The van der Waals surface area contributed by atoms with Gasteiger partial charge in [0.05, 0.1) is 15.4 Å². The summed E-state index contributed by atoms with van der Waals surface area (Å²) in [6, 6.07) is 3.52. The fraction of sp³-hybridized carbons (Fsp3) is 0.409. The maximum absolute atomic E-state index is 13.1. The third kappa shape index (κ3) is 3.64. The zero-order valence-electron chi connectivity index (χ0n) is 16.2. The third-order valence-corrected chi connectivity index (χ3v) is 7.22. The van der Waals surface area contributed by atoms with Crippen LogP contribution in [0.2, 0.25) is 0 Å². The van der Waals surface area contributed by atoms with Crippen molar-refractivity contribution >= 4 is 49.4 Å². The summed E-state index contributed by atoms with van der Waals surface area (Å²) in [6.07, 6.45) is 3.57. The molecule has 2 N–H and O–H groups in total. The van der Waals surface area contributed by atoms with Gasteiger partial charge in [-0.05, 0) is 75.2 Å². The van der Waals surface area contributed by atoms with Crippen LogP contribution in [0.4, 0.5) is 0 Å². The summed E-state index contributed by atoms with van der Waals surface area (Å²) in [4.78, 5) is 39.4. The van der Waals surface area contributed by atoms with Crippen molar-refractivity contribution in [2.75, 3.05) is 6.54 Å². The number of aromatic hydroxyl groups is 1. The van der Waals surface area contributed by atoms with E-state index >= 15 is 0 Å². The van der Waals surface area contributed by atoms with Crippen LogP contribution in [-0.4, -0.2) is 39.2 Å². The Kier molecular flexibility index (Phi) is 5.90. The average Bonchev–Trinajstić information content (AvgIpc) is 2.69. The Morgan fingerprint density at radius 1 is 0.967 bits per heavy atom. The molecule has 0 saturated carbocycles. The summed E-state index contributed by atoms with van der Waals surface area (Å²) in [5, 5.41) is 19.4. The molecule has 0 fully saturated rings. The minimum Gasteiger partial charge on any atom is -0.506 e. The number of carboxylic acids is 1. The molecule has 158 valence electrons. The SMILES string of the molecule is O=C(O)CCN1C2=C(C(=O)CCC2)C(c2cc(Br)c(O)c(Br)c2)C2=C1CCCC2=O. The van der Waals surface area contributed by atoms with Gasteiger partial charge in [-0.25, -0.2) is 0 Å². The van der Waals surface area contributed by atoms with Crippen LogP contribution in [0.5, 0.6) is 5.75 Å². The monoisotopic (exact) mass is 537 g/mol. The molecule has 0 saturated heterocycles. The molecular weight excluding hydrogens is 518 g/mol. The number of phenolic OH excluding ortho intramolecular Hbond substituents is 1. The molecule has 0 radical (unpaired) electrons. The van der Waals surface area contributed by atoms with Gasteiger partial charge in [-0.1, -0.05) is 0 Å². The topological polar surface area (TPSA) is 94.9 Å². The number of rotatable bonds is 4. The molecule has 1 heterocycles. The second kappa shape index (κ2) is 8.30. The number of carbonyl (C=O) groups is 3. The van der Waals surface area contributed by atoms with Gasteiger partial charge in [0.2, 0.25) is 0 Å². The van der Waals surface area contributed by atoms with Gasteiger partial charge in [0, 0.05) is 47.8 Å². The van der Waals surface area contributed by atoms with E-state index < -0.39 is 11.9 Å². The Hall–Kier alpha value is -1.93. The normalized spacial score (nSPS) is 19.9. The minimum atomic E-state index is -0.905. The summed E-state index contributed by atoms with van der Waals surface area (Å²) in [5.74, 6) is -1.33. The Balaban J connectivity index is 1.94. The second-order valence-corrected chi connectivity index (χ2v) is 9.54. The van der Waals surface area contributed by atoms with E-state index in [1.165, 1.54) is 0 Å². The van der Waals surface area contributed by atoms with Crippen molar-refractivity contribution in [3.8, 4) is 5.75 Å². The Bertz CT molecular complexity index is 959. The van der Waals surface area contributed by atoms with Crippen LogP contribution >= 0.6 is 31.9 Å². The van der Waals surface area contributed by atoms with Gasteiger partial charge in [-0.2, -0.15) is 0 Å². The molecule has 30 heavy (non-hydrogen) atoms. The number of nitrogens with zero attached hydrogens (tertiary/aromatic N) is 1. The van der Waals surface area contributed by atoms with E-state index in [0.717, 1.165) is 17.0 Å². The first-order valence-corrected chi connectivity index (χ1v) is 11.6. The Labute approximate surface area is 190 Å². The lowest BCUT2D eigenvalue weighted by Crippen LogP contribution is -2.39. The zero-order chi connectivity index (χ0) is 21.6. The summed E-state index contributed by atoms with van der Waals surface area (Å²) in [5.41, 5.74) is 3.67. The number of phenols is 1. The number of carboxylic acid groups (broad SMARTS) is 1. The highest BCUT2D eigenvalue weighted by molar-refractivity contribution is 9.11. The maximum Gasteiger partial charge on any atom is 0.305 e. The van der Waals surface area contributed by atoms with E-state index in [9.17, 15) is 24.6 Å². The molecule has 0 aromatic heterocycles. The molecule has 3 aliphatic rings. The van der Waals surface area contributed by atoms with Crippen molar-refractivity contribution in [3.05, 3.63) is 49.2 Å². The molecule has 2 aliphatic carbocycles. The van der Waals surface area contributed by atoms with Gasteiger partial charge in [0.25, 0.3) is 0 Å². The average molecular weight is 539 g/mol. The zero-order valence-corrected chi connectivity index (χ0v) is 19.4. The second-order valence-electron chi connectivity index (χ2n) is 7.84. The number of benzene rings is 1. The van der Waals surface area contributed by atoms with Gasteiger partial charge in [-0.3, -0.25) is 14.4 Å². The Morgan fingerprint density at radius 2 is 1.47 bits per heavy atom. The summed E-state index contributed by atoms with van der Waals surface area (Å²) in [7, 11) is 0. The van der Waals surface area contributed by atoms with E-state index in [1.807, 2.05) is 4.90 Å². The molecule has 0 atom stereocenters. The molecule has 1 aliphatic heterocycles. The van der Waals surface area contributed by atoms with Crippen LogP contribution in [0.25, 0.3) is 0 Å². The predicted molar refractivity (Wildman–Crippen MR) is 117 cm³/mol. The molecule has 4 rings (SSSR count). The predicted octanol–water partition coefficient (Wildman–Crippen LogP) is 4.81. The van der Waals surface area contributed by atoms with E-state index in [4.69, 9.17) is 0 Å². The van der Waals surface area contributed by atoms with E-state index in [0.29, 0.717) is 58.6 Å². The number of hydrogen-bond acceptors (Lipinski definition) is 5. The van der Waals surface area contributed by atoms with Crippen LogP contribution < -0.4 is 0 Å². The van der Waals surface area contributed by atoms with Gasteiger partial charge >= 0.3 is 5.97 Å². The third-order valence-electron chi connectivity index (χ3n) is 6.01. The van der Waals surface area contributed by atoms with Gasteiger partial charge in [-0.15, -0.1) is 0 Å². The van der Waals surface area contributed by atoms with Gasteiger partial charge in [0.1, 0.15) is 5.75 Å². The van der Waals surface area contributed by atoms with Crippen LogP contribution in [0, 0.1) is 0 Å². The molecule has 0 spiro atoms. The number of hydrogen-bond donors (Lipinski definition) is 2. The molecular formula is C22H21Br2NO5. The molecule has 0 bridgehead atoms. The molecule has 6 nitrogen and oxygen atoms in total. The van der Waals surface area contributed by atoms with Crippen molar-refractivity contribution < 1.29 is 24.6 Å². The van der Waals surface area contributed by atoms with Crippen molar-refractivity contribution in [1.29, 1.82) is 0 Å². The smallest absolute Gasteiger partial charge is 0.305 e. The maximum atomic E-state index is 13.1. The van der Waals surface area contributed by atoms with E-state index in [2.05, 4.69) is 31.9 Å². The highest BCUT2D eigenvalue weighted by Crippen LogP contribution is 2.50. The molecule has 0 amide bonds. The summed E-state index contributed by atoms with van der Waals surface area (Å²) in [6.45, 7) is 0.253. The molecule has 8 heteroatoms. The first-order valence-electron chi connectivity index (χ1n) is 9.99. The first kappa shape index (κ1) is 21.3. The lowest BCUT2D eigenvalue weighted by molar-refractivity contribution is -0.137. The number of ketones is 2. The van der Waals surface area contributed by atoms with Crippen molar-refractivity contribution in [1.82, 2.24) is 4.90 Å². The van der Waals surface area contributed by atoms with Gasteiger partial charge < -0.3 is 15.1 Å². The minimum absolute atomic E-state index is 0.00631. The summed E-state index contributed by atoms with van der Waals surface area (Å²) < 4.78 is 0.965. The molecule has 1 aromatic carbocycles. The molecule has 1 aromatic rings. The van der Waals surface area contributed by atoms with Crippen molar-refractivity contribution in [3.63, 3.8) is 0 Å². The number of carbonyl (C=O) groups excluding carboxylic acids is 2. The largest absolute Gasteiger partial charge is 0.506 e. The van der Waals surface area contributed by atoms with Crippen molar-refractivity contribution in [2.24, 2.45) is 0 Å². The van der Waals surface area contributed by atoms with Crippen LogP contribution in [0.3, 0.4) is 0 Å². The number of halogens is 2. The first-order chi connectivity index (χ1) is 14.3. The van der Waals surface area contributed by atoms with Crippen LogP contribution in [-0.2, 0) is 14.4 Å². The van der Waals surface area contributed by atoms with Crippen LogP contribution in [0.1, 0.15) is 56.4 Å². The quantitative estimate of drug-likeness (QED) is 0.571. The highest BCUT2D eigenvalue weighted by Gasteiger charge is 2.43. The molecule has 0 unspecified atom stereocenters. The summed E-state index contributed by atoms with van der Waals surface area (Å²) >= 11 is 6.73. The lowest BCUT2D eigenvalue weighted by atomic mass is 9.71. The lowest BCUT2D eigenvalue weighted by Gasteiger charge is -2.44. The standard InChI is InChI=1S/C22H21Br2NO5/c23-12-9-11(10-13(24)22(12)30)19-20-14(3-1-5-16(20)26)25(8-7-18(28)29)15-4-2-6-17(27)21(15)19/h9-10,19,30H,1-8H2,(H,28,29). The Morgan fingerprint density at radius 3 is 1.93 bits per heavy atom. The van der Waals surface area contributed by atoms with Gasteiger partial charge in [0.15, 0.2) is 11.6 Å². The van der Waals surface area contributed by atoms with Crippen molar-refractivity contribution in [2.45, 2.75) is 50.9 Å². The number of Topliss-reactive ketones (excluding diaryl/α,β-unsaturated/α-hetero) is 2.